The monoisotopic (exact) mass is 382 g/mol. The molecular formula is C18H30N4O3S. The molecule has 2 heterocycles. The quantitative estimate of drug-likeness (QED) is 0.817. The first-order chi connectivity index (χ1) is 12.4. The molecule has 26 heavy (non-hydrogen) atoms. The zero-order valence-corrected chi connectivity index (χ0v) is 16.6. The summed E-state index contributed by atoms with van der Waals surface area (Å²) in [6.07, 6.45) is 7.88. The van der Waals surface area contributed by atoms with Crippen molar-refractivity contribution in [1.29, 1.82) is 0 Å². The van der Waals surface area contributed by atoms with Gasteiger partial charge in [-0.2, -0.15) is 9.40 Å². The Hall–Kier alpha value is -1.41. The van der Waals surface area contributed by atoms with Gasteiger partial charge < -0.3 is 5.32 Å². The third kappa shape index (κ3) is 4.11. The summed E-state index contributed by atoms with van der Waals surface area (Å²) >= 11 is 0. The van der Waals surface area contributed by atoms with Crippen molar-refractivity contribution in [1.82, 2.24) is 19.4 Å². The summed E-state index contributed by atoms with van der Waals surface area (Å²) in [4.78, 5) is 12.5. The van der Waals surface area contributed by atoms with Crippen LogP contribution in [0.1, 0.15) is 62.8 Å². The van der Waals surface area contributed by atoms with E-state index in [9.17, 15) is 13.2 Å². The lowest BCUT2D eigenvalue weighted by atomic mass is 9.95. The molecule has 1 N–H and O–H groups in total. The van der Waals surface area contributed by atoms with Gasteiger partial charge in [-0.3, -0.25) is 9.48 Å². The summed E-state index contributed by atoms with van der Waals surface area (Å²) in [6.45, 7) is 5.07. The highest BCUT2D eigenvalue weighted by Gasteiger charge is 2.32. The fourth-order valence-electron chi connectivity index (χ4n) is 4.08. The summed E-state index contributed by atoms with van der Waals surface area (Å²) in [5, 5.41) is 7.50. The molecule has 146 valence electrons. The Morgan fingerprint density at radius 3 is 2.42 bits per heavy atom. The summed E-state index contributed by atoms with van der Waals surface area (Å²) in [7, 11) is -3.49. The molecule has 3 rings (SSSR count). The Bertz CT molecular complexity index is 745. The number of carbonyl (C=O) groups excluding carboxylic acids is 1. The van der Waals surface area contributed by atoms with E-state index in [0.29, 0.717) is 48.4 Å². The van der Waals surface area contributed by atoms with E-state index < -0.39 is 10.0 Å². The number of hydrogen-bond acceptors (Lipinski definition) is 4. The number of sulfonamides is 1. The molecule has 8 heteroatoms. The number of aromatic nitrogens is 2. The lowest BCUT2D eigenvalue weighted by Crippen LogP contribution is -2.36. The van der Waals surface area contributed by atoms with Gasteiger partial charge in [-0.1, -0.05) is 19.3 Å². The van der Waals surface area contributed by atoms with Crippen molar-refractivity contribution in [2.75, 3.05) is 13.1 Å². The van der Waals surface area contributed by atoms with Gasteiger partial charge in [-0.25, -0.2) is 8.42 Å². The predicted octanol–water partition coefficient (Wildman–Crippen LogP) is 2.12. The summed E-state index contributed by atoms with van der Waals surface area (Å²) in [5.41, 5.74) is 1.14. The number of hydrogen-bond donors (Lipinski definition) is 1. The molecule has 1 aromatic rings. The van der Waals surface area contributed by atoms with Crippen molar-refractivity contribution in [2.45, 2.75) is 82.7 Å². The molecule has 1 aliphatic heterocycles. The highest BCUT2D eigenvalue weighted by Crippen LogP contribution is 2.26. The van der Waals surface area contributed by atoms with Crippen molar-refractivity contribution in [3.63, 3.8) is 0 Å². The van der Waals surface area contributed by atoms with E-state index in [4.69, 9.17) is 0 Å². The average Bonchev–Trinajstić information content (AvgIpc) is 3.23. The maximum Gasteiger partial charge on any atom is 0.246 e. The van der Waals surface area contributed by atoms with Gasteiger partial charge in [-0.15, -0.1) is 0 Å². The Kier molecular flexibility index (Phi) is 6.02. The largest absolute Gasteiger partial charge is 0.353 e. The van der Waals surface area contributed by atoms with Crippen LogP contribution in [0.25, 0.3) is 0 Å². The van der Waals surface area contributed by atoms with E-state index in [1.165, 1.54) is 19.3 Å². The minimum atomic E-state index is -3.49. The van der Waals surface area contributed by atoms with Crippen molar-refractivity contribution >= 4 is 15.9 Å². The second-order valence-corrected chi connectivity index (χ2v) is 9.36. The molecule has 0 atom stereocenters. The highest BCUT2D eigenvalue weighted by atomic mass is 32.2. The minimum Gasteiger partial charge on any atom is -0.353 e. The van der Waals surface area contributed by atoms with Crippen LogP contribution in [-0.4, -0.2) is 47.5 Å². The fourth-order valence-corrected chi connectivity index (χ4v) is 5.97. The highest BCUT2D eigenvalue weighted by molar-refractivity contribution is 7.89. The third-order valence-electron chi connectivity index (χ3n) is 5.50. The SMILES string of the molecule is Cc1nn(CCC(=O)NC2CCCCC2)c(C)c1S(=O)(=O)N1CCCC1. The second-order valence-electron chi connectivity index (χ2n) is 7.49. The van der Waals surface area contributed by atoms with Crippen molar-refractivity contribution in [3.05, 3.63) is 11.4 Å². The molecular weight excluding hydrogens is 352 g/mol. The first-order valence-corrected chi connectivity index (χ1v) is 11.2. The number of rotatable bonds is 6. The summed E-state index contributed by atoms with van der Waals surface area (Å²) < 4.78 is 29.0. The van der Waals surface area contributed by atoms with Crippen LogP contribution in [0.5, 0.6) is 0 Å². The van der Waals surface area contributed by atoms with Gasteiger partial charge >= 0.3 is 0 Å². The van der Waals surface area contributed by atoms with E-state index in [0.717, 1.165) is 25.7 Å². The van der Waals surface area contributed by atoms with Crippen LogP contribution >= 0.6 is 0 Å². The molecule has 0 bridgehead atoms. The van der Waals surface area contributed by atoms with Gasteiger partial charge in [0, 0.05) is 25.6 Å². The van der Waals surface area contributed by atoms with Crippen LogP contribution in [-0.2, 0) is 21.4 Å². The molecule has 0 radical (unpaired) electrons. The molecule has 7 nitrogen and oxygen atoms in total. The Morgan fingerprint density at radius 1 is 1.12 bits per heavy atom. The maximum absolute atomic E-state index is 12.9. The van der Waals surface area contributed by atoms with Crippen molar-refractivity contribution < 1.29 is 13.2 Å². The smallest absolute Gasteiger partial charge is 0.246 e. The zero-order chi connectivity index (χ0) is 18.7. The molecule has 1 aliphatic carbocycles. The number of aryl methyl sites for hydroxylation is 2. The Balaban J connectivity index is 1.65. The lowest BCUT2D eigenvalue weighted by Gasteiger charge is -2.22. The van der Waals surface area contributed by atoms with Crippen LogP contribution in [0, 0.1) is 13.8 Å². The van der Waals surface area contributed by atoms with Gasteiger partial charge in [0.15, 0.2) is 0 Å². The first-order valence-electron chi connectivity index (χ1n) is 9.73. The van der Waals surface area contributed by atoms with E-state index in [1.54, 1.807) is 22.8 Å². The molecule has 0 spiro atoms. The zero-order valence-electron chi connectivity index (χ0n) is 15.8. The average molecular weight is 383 g/mol. The van der Waals surface area contributed by atoms with Gasteiger partial charge in [0.25, 0.3) is 0 Å². The van der Waals surface area contributed by atoms with Crippen molar-refractivity contribution in [2.24, 2.45) is 0 Å². The molecule has 1 saturated carbocycles. The maximum atomic E-state index is 12.9. The Morgan fingerprint density at radius 2 is 1.77 bits per heavy atom. The summed E-state index contributed by atoms with van der Waals surface area (Å²) in [6, 6.07) is 0.294. The standard InChI is InChI=1S/C18H30N4O3S/c1-14-18(26(24,25)21-11-6-7-12-21)15(2)22(20-14)13-10-17(23)19-16-8-4-3-5-9-16/h16H,3-13H2,1-2H3,(H,19,23). The van der Waals surface area contributed by atoms with Gasteiger partial charge in [0.1, 0.15) is 4.90 Å². The topological polar surface area (TPSA) is 84.3 Å². The minimum absolute atomic E-state index is 0.0217. The number of carbonyl (C=O) groups is 1. The normalized spacial score (nSPS) is 19.8. The van der Waals surface area contributed by atoms with Crippen LogP contribution in [0.3, 0.4) is 0 Å². The Labute approximate surface area is 156 Å². The number of nitrogens with zero attached hydrogens (tertiary/aromatic N) is 3. The molecule has 1 amide bonds. The van der Waals surface area contributed by atoms with Gasteiger partial charge in [0.2, 0.25) is 15.9 Å². The predicted molar refractivity (Wildman–Crippen MR) is 99.3 cm³/mol. The number of nitrogens with one attached hydrogen (secondary N) is 1. The van der Waals surface area contributed by atoms with Gasteiger partial charge in [0.05, 0.1) is 17.9 Å². The molecule has 1 saturated heterocycles. The van der Waals surface area contributed by atoms with Crippen LogP contribution in [0.15, 0.2) is 4.90 Å². The second kappa shape index (κ2) is 8.08. The third-order valence-corrected chi connectivity index (χ3v) is 7.65. The van der Waals surface area contributed by atoms with Gasteiger partial charge in [-0.05, 0) is 39.5 Å². The molecule has 0 aromatic carbocycles. The van der Waals surface area contributed by atoms with E-state index in [2.05, 4.69) is 10.4 Å². The number of amides is 1. The molecule has 0 unspecified atom stereocenters. The molecule has 2 aliphatic rings. The molecule has 1 aromatic heterocycles. The van der Waals surface area contributed by atoms with Crippen LogP contribution in [0.4, 0.5) is 0 Å². The van der Waals surface area contributed by atoms with E-state index in [-0.39, 0.29) is 5.91 Å². The first kappa shape index (κ1) is 19.4. The van der Waals surface area contributed by atoms with Crippen LogP contribution < -0.4 is 5.32 Å². The van der Waals surface area contributed by atoms with E-state index >= 15 is 0 Å². The lowest BCUT2D eigenvalue weighted by molar-refractivity contribution is -0.122. The van der Waals surface area contributed by atoms with E-state index in [1.807, 2.05) is 0 Å². The van der Waals surface area contributed by atoms with Crippen molar-refractivity contribution in [3.8, 4) is 0 Å². The molecule has 2 fully saturated rings. The van der Waals surface area contributed by atoms with Crippen LogP contribution in [0.2, 0.25) is 0 Å². The fraction of sp³-hybridized carbons (Fsp3) is 0.778. The summed E-state index contributed by atoms with van der Waals surface area (Å²) in [5.74, 6) is 0.0217.